The van der Waals surface area contributed by atoms with E-state index in [0.29, 0.717) is 0 Å². The quantitative estimate of drug-likeness (QED) is 0.142. The van der Waals surface area contributed by atoms with Crippen molar-refractivity contribution in [1.29, 1.82) is 0 Å². The Hall–Kier alpha value is -8.86. The molecule has 0 saturated heterocycles. The van der Waals surface area contributed by atoms with Gasteiger partial charge in [-0.15, -0.1) is 0 Å². The molecule has 0 bridgehead atoms. The molecule has 1 aliphatic heterocycles. The molecule has 0 saturated carbocycles. The number of para-hydroxylation sites is 3. The first-order valence-electron chi connectivity index (χ1n) is 25.4. The number of anilines is 5. The highest BCUT2D eigenvalue weighted by atomic mass is 16.5. The zero-order valence-corrected chi connectivity index (χ0v) is 41.6. The van der Waals surface area contributed by atoms with Crippen LogP contribution in [0.25, 0.3) is 82.1 Å². The first-order chi connectivity index (χ1) is 35.7. The Labute approximate surface area is 425 Å². The second-order valence-electron chi connectivity index (χ2n) is 20.3. The summed E-state index contributed by atoms with van der Waals surface area (Å²) in [6.07, 6.45) is 6.84. The van der Waals surface area contributed by atoms with Crippen molar-refractivity contribution < 1.29 is 9.15 Å². The summed E-state index contributed by atoms with van der Waals surface area (Å²) in [7, 11) is 0. The number of fused-ring (bicyclic) bond motifs is 6. The van der Waals surface area contributed by atoms with Crippen molar-refractivity contribution in [2.45, 2.75) is 46.3 Å². The molecule has 0 amide bonds. The van der Waals surface area contributed by atoms with E-state index in [2.05, 4.69) is 263 Å². The number of aryl methyl sites for hydroxylation is 4. The van der Waals surface area contributed by atoms with Crippen LogP contribution in [0.4, 0.5) is 28.4 Å². The van der Waals surface area contributed by atoms with Gasteiger partial charge in [0, 0.05) is 55.2 Å². The van der Waals surface area contributed by atoms with E-state index < -0.39 is 5.60 Å². The molecule has 4 nitrogen and oxygen atoms in total. The third-order valence-corrected chi connectivity index (χ3v) is 15.8. The van der Waals surface area contributed by atoms with Gasteiger partial charge in [0.25, 0.3) is 0 Å². The second-order valence-corrected chi connectivity index (χ2v) is 20.3. The third-order valence-electron chi connectivity index (χ3n) is 15.8. The summed E-state index contributed by atoms with van der Waals surface area (Å²) in [6.45, 7) is 11.1. The molecule has 14 rings (SSSR count). The standard InChI is InChI=1S/C69H52N2O2/c1-42-28-32-48(33-29-42)70(60-26-14-23-55-54-22-12-20-52(66(54)72-68(55)60)46-16-8-6-9-17-46)61-40-44(3)50-37-39-58-62(41-45(4)51-36-38-57(61)64(50)65(51)58)71(49-34-30-43(2)31-35-49)63-27-15-25-59-56-24-13-21-53(47-18-10-7-11-19-47)67(56)73-69(59,63)5/h6-41,63H,1-5H3. The molecule has 12 aromatic rings. The van der Waals surface area contributed by atoms with Crippen LogP contribution in [0.1, 0.15) is 34.7 Å². The Balaban J connectivity index is 0.996. The molecule has 1 aromatic heterocycles. The number of rotatable bonds is 8. The fourth-order valence-electron chi connectivity index (χ4n) is 12.3. The van der Waals surface area contributed by atoms with Crippen molar-refractivity contribution in [3.8, 4) is 28.0 Å². The van der Waals surface area contributed by atoms with E-state index in [0.717, 1.165) is 83.9 Å². The minimum absolute atomic E-state index is 0.204. The van der Waals surface area contributed by atoms with Crippen molar-refractivity contribution in [3.05, 3.63) is 246 Å². The van der Waals surface area contributed by atoms with Crippen molar-refractivity contribution in [2.24, 2.45) is 0 Å². The first-order valence-corrected chi connectivity index (χ1v) is 25.4. The number of ether oxygens (including phenoxy) is 1. The predicted molar refractivity (Wildman–Crippen MR) is 307 cm³/mol. The molecule has 2 aliphatic rings. The number of furan rings is 1. The van der Waals surface area contributed by atoms with Gasteiger partial charge < -0.3 is 19.0 Å². The van der Waals surface area contributed by atoms with Crippen LogP contribution in [0.3, 0.4) is 0 Å². The van der Waals surface area contributed by atoms with Gasteiger partial charge in [0.15, 0.2) is 11.2 Å². The van der Waals surface area contributed by atoms with Gasteiger partial charge in [0.2, 0.25) is 0 Å². The summed E-state index contributed by atoms with van der Waals surface area (Å²) < 4.78 is 14.6. The largest absolute Gasteiger partial charge is 0.479 e. The van der Waals surface area contributed by atoms with Gasteiger partial charge in [0.1, 0.15) is 11.3 Å². The molecule has 350 valence electrons. The Morgan fingerprint density at radius 1 is 0.438 bits per heavy atom. The summed E-state index contributed by atoms with van der Waals surface area (Å²) in [5.41, 5.74) is 18.1. The summed E-state index contributed by atoms with van der Waals surface area (Å²) in [6, 6.07) is 72.8. The molecule has 0 N–H and O–H groups in total. The van der Waals surface area contributed by atoms with Gasteiger partial charge >= 0.3 is 0 Å². The number of hydrogen-bond donors (Lipinski definition) is 0. The van der Waals surface area contributed by atoms with E-state index in [-0.39, 0.29) is 6.04 Å². The summed E-state index contributed by atoms with van der Waals surface area (Å²) in [4.78, 5) is 4.98. The highest BCUT2D eigenvalue weighted by molar-refractivity contribution is 6.29. The van der Waals surface area contributed by atoms with Gasteiger partial charge in [0.05, 0.1) is 23.1 Å². The van der Waals surface area contributed by atoms with Crippen LogP contribution in [-0.2, 0) is 0 Å². The Kier molecular flexibility index (Phi) is 9.62. The van der Waals surface area contributed by atoms with Crippen molar-refractivity contribution in [1.82, 2.24) is 0 Å². The van der Waals surface area contributed by atoms with E-state index in [1.165, 1.54) is 60.1 Å². The highest BCUT2D eigenvalue weighted by Gasteiger charge is 2.50. The van der Waals surface area contributed by atoms with Crippen LogP contribution < -0.4 is 14.5 Å². The molecule has 0 spiro atoms. The van der Waals surface area contributed by atoms with Crippen LogP contribution >= 0.6 is 0 Å². The fourth-order valence-corrected chi connectivity index (χ4v) is 12.3. The maximum atomic E-state index is 7.45. The maximum absolute atomic E-state index is 7.45. The van der Waals surface area contributed by atoms with Crippen LogP contribution in [0.2, 0.25) is 0 Å². The highest BCUT2D eigenvalue weighted by Crippen LogP contribution is 2.56. The number of nitrogens with zero attached hydrogens (tertiary/aromatic N) is 2. The molecule has 2 atom stereocenters. The van der Waals surface area contributed by atoms with Gasteiger partial charge in [-0.05, 0) is 121 Å². The summed E-state index contributed by atoms with van der Waals surface area (Å²) >= 11 is 0. The van der Waals surface area contributed by atoms with Crippen LogP contribution in [0, 0.1) is 27.7 Å². The van der Waals surface area contributed by atoms with E-state index in [4.69, 9.17) is 9.15 Å². The molecule has 0 fully saturated rings. The second kappa shape index (κ2) is 16.3. The normalized spacial score (nSPS) is 16.1. The molecule has 11 aromatic carbocycles. The number of hydrogen-bond acceptors (Lipinski definition) is 4. The predicted octanol–water partition coefficient (Wildman–Crippen LogP) is 18.8. The average Bonchev–Trinajstić information content (AvgIpc) is 3.97. The Morgan fingerprint density at radius 3 is 1.64 bits per heavy atom. The monoisotopic (exact) mass is 940 g/mol. The van der Waals surface area contributed by atoms with E-state index >= 15 is 0 Å². The van der Waals surface area contributed by atoms with Gasteiger partial charge in [-0.2, -0.15) is 0 Å². The van der Waals surface area contributed by atoms with Crippen LogP contribution in [0.15, 0.2) is 223 Å². The summed E-state index contributed by atoms with van der Waals surface area (Å²) in [5, 5.41) is 9.55. The molecule has 1 aliphatic carbocycles. The lowest BCUT2D eigenvalue weighted by molar-refractivity contribution is 0.151. The molecule has 0 radical (unpaired) electrons. The molecule has 2 heterocycles. The lowest BCUT2D eigenvalue weighted by Gasteiger charge is -2.44. The van der Waals surface area contributed by atoms with Crippen molar-refractivity contribution in [3.63, 3.8) is 0 Å². The number of allylic oxidation sites excluding steroid dienone is 2. The molecular formula is C69H52N2O2. The SMILES string of the molecule is Cc1ccc(N(c2cc(C)c3ccc4c(N(c5ccc(C)cc5)C5C=CC=C6c7cccc(-c8ccccc8)c7OC65C)cc(C)c5ccc2c3c54)c2cccc3c2oc2c(-c4ccccc4)cccc23)cc1. The molecule has 2 unspecified atom stereocenters. The molecule has 4 heteroatoms. The number of benzene rings is 11. The minimum Gasteiger partial charge on any atom is -0.479 e. The third kappa shape index (κ3) is 6.53. The smallest absolute Gasteiger partial charge is 0.159 e. The summed E-state index contributed by atoms with van der Waals surface area (Å²) in [5.74, 6) is 0.933. The average molecular weight is 941 g/mol. The van der Waals surface area contributed by atoms with Crippen molar-refractivity contribution in [2.75, 3.05) is 9.80 Å². The van der Waals surface area contributed by atoms with Crippen LogP contribution in [0.5, 0.6) is 5.75 Å². The van der Waals surface area contributed by atoms with Gasteiger partial charge in [-0.3, -0.25) is 0 Å². The first kappa shape index (κ1) is 43.0. The zero-order chi connectivity index (χ0) is 49.1. The van der Waals surface area contributed by atoms with Crippen molar-refractivity contribution >= 4 is 88.3 Å². The lowest BCUT2D eigenvalue weighted by Crippen LogP contribution is -2.52. The molecule has 73 heavy (non-hydrogen) atoms. The maximum Gasteiger partial charge on any atom is 0.159 e. The van der Waals surface area contributed by atoms with Gasteiger partial charge in [-0.25, -0.2) is 0 Å². The Morgan fingerprint density at radius 2 is 0.973 bits per heavy atom. The topological polar surface area (TPSA) is 28.9 Å². The molecular weight excluding hydrogens is 889 g/mol. The van der Waals surface area contributed by atoms with Gasteiger partial charge in [-0.1, -0.05) is 187 Å². The zero-order valence-electron chi connectivity index (χ0n) is 41.6. The van der Waals surface area contributed by atoms with Crippen LogP contribution in [-0.4, -0.2) is 11.6 Å². The van der Waals surface area contributed by atoms with E-state index in [1.807, 2.05) is 0 Å². The fraction of sp³-hybridized carbons (Fsp3) is 0.101. The minimum atomic E-state index is -0.720. The van der Waals surface area contributed by atoms with E-state index in [1.54, 1.807) is 0 Å². The van der Waals surface area contributed by atoms with E-state index in [9.17, 15) is 0 Å². The lowest BCUT2D eigenvalue weighted by atomic mass is 9.80. The Bertz CT molecular complexity index is 4220.